The van der Waals surface area contributed by atoms with Crippen LogP contribution in [-0.4, -0.2) is 25.4 Å². The topological polar surface area (TPSA) is 64.6 Å². The van der Waals surface area contributed by atoms with Crippen LogP contribution < -0.4 is 14.8 Å². The highest BCUT2D eigenvalue weighted by molar-refractivity contribution is 5.97. The van der Waals surface area contributed by atoms with Crippen LogP contribution in [0.4, 0.5) is 5.69 Å². The van der Waals surface area contributed by atoms with E-state index in [0.717, 1.165) is 18.5 Å². The highest BCUT2D eigenvalue weighted by atomic mass is 16.5. The van der Waals surface area contributed by atoms with Gasteiger partial charge in [0.2, 0.25) is 0 Å². The van der Waals surface area contributed by atoms with Gasteiger partial charge in [0.25, 0.3) is 5.91 Å². The maximum atomic E-state index is 12.2. The predicted molar refractivity (Wildman–Crippen MR) is 95.6 cm³/mol. The number of Topliss-reactive ketones (excluding diaryl/α,β-unsaturated/α-hetero) is 1. The molecule has 5 nitrogen and oxygen atoms in total. The molecule has 0 bridgehead atoms. The number of rotatable bonds is 6. The van der Waals surface area contributed by atoms with Gasteiger partial charge in [-0.2, -0.15) is 0 Å². The lowest BCUT2D eigenvalue weighted by Crippen LogP contribution is -2.21. The molecule has 0 fully saturated rings. The van der Waals surface area contributed by atoms with Crippen molar-refractivity contribution >= 4 is 17.4 Å². The first-order valence-electron chi connectivity index (χ1n) is 8.30. The van der Waals surface area contributed by atoms with Gasteiger partial charge in [0.15, 0.2) is 12.4 Å². The van der Waals surface area contributed by atoms with Crippen molar-refractivity contribution < 1.29 is 19.1 Å². The van der Waals surface area contributed by atoms with Gasteiger partial charge < -0.3 is 14.8 Å². The summed E-state index contributed by atoms with van der Waals surface area (Å²) in [5, 5.41) is 2.84. The van der Waals surface area contributed by atoms with Gasteiger partial charge in [-0.05, 0) is 61.6 Å². The minimum absolute atomic E-state index is 0.128. The van der Waals surface area contributed by atoms with E-state index in [9.17, 15) is 9.59 Å². The van der Waals surface area contributed by atoms with Crippen LogP contribution in [0, 0.1) is 0 Å². The molecule has 0 spiro atoms. The number of benzene rings is 2. The Morgan fingerprint density at radius 1 is 1.08 bits per heavy atom. The molecule has 2 aromatic carbocycles. The molecular weight excluding hydrogens is 318 g/mol. The predicted octanol–water partition coefficient (Wildman–Crippen LogP) is 3.40. The van der Waals surface area contributed by atoms with Crippen molar-refractivity contribution in [3.05, 3.63) is 53.1 Å². The number of carbonyl (C=O) groups is 2. The van der Waals surface area contributed by atoms with Gasteiger partial charge in [0.1, 0.15) is 11.5 Å². The molecule has 0 radical (unpaired) electrons. The van der Waals surface area contributed by atoms with E-state index in [1.54, 1.807) is 18.2 Å². The van der Waals surface area contributed by atoms with Crippen LogP contribution >= 0.6 is 0 Å². The number of methoxy groups -OCH3 is 1. The first-order valence-corrected chi connectivity index (χ1v) is 8.30. The lowest BCUT2D eigenvalue weighted by atomic mass is 10.1. The van der Waals surface area contributed by atoms with E-state index in [-0.39, 0.29) is 18.3 Å². The molecule has 5 heteroatoms. The second-order valence-corrected chi connectivity index (χ2v) is 6.09. The normalized spacial score (nSPS) is 12.4. The van der Waals surface area contributed by atoms with E-state index in [4.69, 9.17) is 9.47 Å². The Morgan fingerprint density at radius 2 is 1.88 bits per heavy atom. The van der Waals surface area contributed by atoms with E-state index < -0.39 is 0 Å². The first-order chi connectivity index (χ1) is 12.1. The van der Waals surface area contributed by atoms with Gasteiger partial charge in [-0.1, -0.05) is 6.07 Å². The molecule has 0 unspecified atom stereocenters. The molecule has 0 aromatic heterocycles. The van der Waals surface area contributed by atoms with E-state index >= 15 is 0 Å². The number of hydrogen-bond donors (Lipinski definition) is 1. The number of nitrogens with one attached hydrogen (secondary N) is 1. The van der Waals surface area contributed by atoms with E-state index in [1.807, 2.05) is 12.1 Å². The zero-order valence-electron chi connectivity index (χ0n) is 14.4. The Kier molecular flexibility index (Phi) is 5.03. The molecule has 0 aliphatic heterocycles. The maximum absolute atomic E-state index is 12.2. The fourth-order valence-corrected chi connectivity index (χ4v) is 3.03. The maximum Gasteiger partial charge on any atom is 0.262 e. The zero-order chi connectivity index (χ0) is 17.8. The number of ketones is 1. The van der Waals surface area contributed by atoms with Crippen molar-refractivity contribution in [3.8, 4) is 11.5 Å². The quantitative estimate of drug-likeness (QED) is 0.819. The molecular formula is C20H21NO4. The summed E-state index contributed by atoms with van der Waals surface area (Å²) < 4.78 is 10.7. The number of carbonyl (C=O) groups excluding carboxylic acids is 2. The van der Waals surface area contributed by atoms with Crippen LogP contribution in [0.3, 0.4) is 0 Å². The summed E-state index contributed by atoms with van der Waals surface area (Å²) in [6.07, 6.45) is 3.33. The molecule has 0 heterocycles. The van der Waals surface area contributed by atoms with Gasteiger partial charge in [-0.15, -0.1) is 0 Å². The summed E-state index contributed by atoms with van der Waals surface area (Å²) >= 11 is 0. The highest BCUT2D eigenvalue weighted by Crippen LogP contribution is 2.26. The van der Waals surface area contributed by atoms with Gasteiger partial charge in [-0.3, -0.25) is 9.59 Å². The average molecular weight is 339 g/mol. The van der Waals surface area contributed by atoms with E-state index in [2.05, 4.69) is 11.4 Å². The van der Waals surface area contributed by atoms with Crippen molar-refractivity contribution in [1.82, 2.24) is 0 Å². The number of anilines is 1. The van der Waals surface area contributed by atoms with Gasteiger partial charge in [-0.25, -0.2) is 0 Å². The van der Waals surface area contributed by atoms with Crippen molar-refractivity contribution in [3.63, 3.8) is 0 Å². The number of fused-ring (bicyclic) bond motifs is 1. The minimum atomic E-state index is -0.268. The zero-order valence-corrected chi connectivity index (χ0v) is 14.4. The molecule has 0 saturated carbocycles. The van der Waals surface area contributed by atoms with Crippen LogP contribution in [0.1, 0.15) is 34.8 Å². The Labute approximate surface area is 147 Å². The minimum Gasteiger partial charge on any atom is -0.497 e. The molecule has 1 amide bonds. The lowest BCUT2D eigenvalue weighted by Gasteiger charge is -2.12. The van der Waals surface area contributed by atoms with Crippen LogP contribution in [0.15, 0.2) is 36.4 Å². The molecule has 2 aromatic rings. The van der Waals surface area contributed by atoms with Gasteiger partial charge in [0.05, 0.1) is 12.7 Å². The summed E-state index contributed by atoms with van der Waals surface area (Å²) in [4.78, 5) is 23.9. The average Bonchev–Trinajstić information content (AvgIpc) is 3.07. The number of aryl methyl sites for hydroxylation is 2. The Hall–Kier alpha value is -2.82. The van der Waals surface area contributed by atoms with E-state index in [0.29, 0.717) is 17.1 Å². The Bertz CT molecular complexity index is 813. The van der Waals surface area contributed by atoms with Crippen LogP contribution in [-0.2, 0) is 17.6 Å². The Morgan fingerprint density at radius 3 is 2.64 bits per heavy atom. The monoisotopic (exact) mass is 339 g/mol. The summed E-state index contributed by atoms with van der Waals surface area (Å²) in [6, 6.07) is 10.9. The largest absolute Gasteiger partial charge is 0.497 e. The number of ether oxygens (including phenoxy) is 2. The third kappa shape index (κ3) is 3.99. The highest BCUT2D eigenvalue weighted by Gasteiger charge is 2.14. The summed E-state index contributed by atoms with van der Waals surface area (Å²) in [7, 11) is 1.53. The first kappa shape index (κ1) is 17.0. The second kappa shape index (κ2) is 7.38. The number of amides is 1. The molecule has 1 aliphatic carbocycles. The Balaban J connectivity index is 1.65. The van der Waals surface area contributed by atoms with Crippen molar-refractivity contribution in [2.75, 3.05) is 19.0 Å². The third-order valence-corrected chi connectivity index (χ3v) is 4.31. The smallest absolute Gasteiger partial charge is 0.262 e. The van der Waals surface area contributed by atoms with Gasteiger partial charge in [0, 0.05) is 11.8 Å². The second-order valence-electron chi connectivity index (χ2n) is 6.09. The molecule has 1 N–H and O–H groups in total. The van der Waals surface area contributed by atoms with Crippen LogP contribution in [0.5, 0.6) is 11.5 Å². The molecule has 3 rings (SSSR count). The molecule has 0 saturated heterocycles. The van der Waals surface area contributed by atoms with Crippen molar-refractivity contribution in [2.24, 2.45) is 0 Å². The summed E-state index contributed by atoms with van der Waals surface area (Å²) in [6.45, 7) is 1.28. The van der Waals surface area contributed by atoms with Crippen molar-refractivity contribution in [2.45, 2.75) is 26.2 Å². The summed E-state index contributed by atoms with van der Waals surface area (Å²) in [5.74, 6) is 0.516. The number of hydrogen-bond acceptors (Lipinski definition) is 4. The SMILES string of the molecule is COc1ccc(C(C)=O)c(OCC(=O)Nc2ccc3c(c2)CCC3)c1. The lowest BCUT2D eigenvalue weighted by molar-refractivity contribution is -0.118. The molecule has 25 heavy (non-hydrogen) atoms. The van der Waals surface area contributed by atoms with Crippen molar-refractivity contribution in [1.29, 1.82) is 0 Å². The fraction of sp³-hybridized carbons (Fsp3) is 0.300. The van der Waals surface area contributed by atoms with Crippen LogP contribution in [0.25, 0.3) is 0 Å². The fourth-order valence-electron chi connectivity index (χ4n) is 3.03. The third-order valence-electron chi connectivity index (χ3n) is 4.31. The standard InChI is InChI=1S/C20H21NO4/c1-13(22)18-9-8-17(24-2)11-19(18)25-12-20(23)21-16-7-6-14-4-3-5-15(14)10-16/h6-11H,3-5,12H2,1-2H3,(H,21,23). The molecule has 130 valence electrons. The molecule has 0 atom stereocenters. The van der Waals surface area contributed by atoms with E-state index in [1.165, 1.54) is 31.6 Å². The molecule has 1 aliphatic rings. The van der Waals surface area contributed by atoms with Gasteiger partial charge >= 0.3 is 0 Å². The van der Waals surface area contributed by atoms with Crippen LogP contribution in [0.2, 0.25) is 0 Å². The summed E-state index contributed by atoms with van der Waals surface area (Å²) in [5.41, 5.74) is 3.85.